The maximum absolute atomic E-state index is 11.9. The number of rotatable bonds is 4. The summed E-state index contributed by atoms with van der Waals surface area (Å²) in [5.74, 6) is 0.512. The number of benzene rings is 1. The van der Waals surface area contributed by atoms with Crippen molar-refractivity contribution in [3.8, 4) is 0 Å². The third-order valence-corrected chi connectivity index (χ3v) is 3.63. The molecule has 2 nitrogen and oxygen atoms in total. The highest BCUT2D eigenvalue weighted by molar-refractivity contribution is 7.10. The van der Waals surface area contributed by atoms with Crippen LogP contribution in [0.15, 0.2) is 41.8 Å². The maximum Gasteiger partial charge on any atom is 0.229 e. The first-order valence-electron chi connectivity index (χ1n) is 6.07. The molecule has 0 unspecified atom stereocenters. The minimum absolute atomic E-state index is 0.0401. The zero-order valence-corrected chi connectivity index (χ0v) is 11.5. The Hall–Kier alpha value is -1.61. The Bertz CT molecular complexity index is 517. The molecule has 1 N–H and O–H groups in total. The van der Waals surface area contributed by atoms with E-state index in [1.807, 2.05) is 35.7 Å². The molecule has 0 aliphatic rings. The van der Waals surface area contributed by atoms with E-state index in [0.717, 1.165) is 10.6 Å². The molecule has 1 aromatic heterocycles. The molecular formula is C15H17NOS. The predicted octanol–water partition coefficient (Wildman–Crippen LogP) is 4.05. The van der Waals surface area contributed by atoms with E-state index in [-0.39, 0.29) is 5.91 Å². The van der Waals surface area contributed by atoms with Gasteiger partial charge in [0.15, 0.2) is 0 Å². The third kappa shape index (κ3) is 3.44. The lowest BCUT2D eigenvalue weighted by molar-refractivity contribution is -0.115. The molecule has 2 aromatic rings. The van der Waals surface area contributed by atoms with Crippen LogP contribution in [0.5, 0.6) is 0 Å². The number of amides is 1. The largest absolute Gasteiger partial charge is 0.326 e. The molecule has 1 aromatic carbocycles. The van der Waals surface area contributed by atoms with Crippen LogP contribution in [0, 0.1) is 0 Å². The second-order valence-corrected chi connectivity index (χ2v) is 5.62. The quantitative estimate of drug-likeness (QED) is 0.881. The van der Waals surface area contributed by atoms with Crippen molar-refractivity contribution < 1.29 is 4.79 Å². The monoisotopic (exact) mass is 259 g/mol. The van der Waals surface area contributed by atoms with Gasteiger partial charge in [-0.3, -0.25) is 4.79 Å². The zero-order chi connectivity index (χ0) is 13.0. The van der Waals surface area contributed by atoms with E-state index < -0.39 is 0 Å². The van der Waals surface area contributed by atoms with Crippen molar-refractivity contribution in [2.24, 2.45) is 0 Å². The topological polar surface area (TPSA) is 29.1 Å². The summed E-state index contributed by atoms with van der Waals surface area (Å²) in [6.07, 6.45) is 0.448. The van der Waals surface area contributed by atoms with Gasteiger partial charge in [0.1, 0.15) is 0 Å². The van der Waals surface area contributed by atoms with Crippen LogP contribution in [-0.4, -0.2) is 5.91 Å². The third-order valence-electron chi connectivity index (χ3n) is 2.75. The average molecular weight is 259 g/mol. The molecule has 0 saturated heterocycles. The van der Waals surface area contributed by atoms with Crippen LogP contribution in [0.3, 0.4) is 0 Å². The number of hydrogen-bond donors (Lipinski definition) is 1. The van der Waals surface area contributed by atoms with Crippen molar-refractivity contribution in [3.63, 3.8) is 0 Å². The SMILES string of the molecule is CC(C)c1cccc(NC(=O)Cc2cccs2)c1. The summed E-state index contributed by atoms with van der Waals surface area (Å²) >= 11 is 1.61. The molecular weight excluding hydrogens is 242 g/mol. The first-order valence-corrected chi connectivity index (χ1v) is 6.95. The van der Waals surface area contributed by atoms with Crippen molar-refractivity contribution in [3.05, 3.63) is 52.2 Å². The number of anilines is 1. The molecule has 0 bridgehead atoms. The second-order valence-electron chi connectivity index (χ2n) is 4.58. The van der Waals surface area contributed by atoms with Crippen LogP contribution >= 0.6 is 11.3 Å². The Kier molecular flexibility index (Phi) is 4.15. The summed E-state index contributed by atoms with van der Waals surface area (Å²) in [6.45, 7) is 4.29. The Morgan fingerprint density at radius 3 is 2.78 bits per heavy atom. The van der Waals surface area contributed by atoms with Gasteiger partial charge in [-0.2, -0.15) is 0 Å². The lowest BCUT2D eigenvalue weighted by Crippen LogP contribution is -2.13. The number of hydrogen-bond acceptors (Lipinski definition) is 2. The Morgan fingerprint density at radius 2 is 2.11 bits per heavy atom. The first-order chi connectivity index (χ1) is 8.65. The maximum atomic E-state index is 11.9. The van der Waals surface area contributed by atoms with Gasteiger partial charge in [0.2, 0.25) is 5.91 Å². The van der Waals surface area contributed by atoms with Crippen LogP contribution in [0.2, 0.25) is 0 Å². The summed E-state index contributed by atoms with van der Waals surface area (Å²) in [6, 6.07) is 12.0. The summed E-state index contributed by atoms with van der Waals surface area (Å²) in [5.41, 5.74) is 2.12. The van der Waals surface area contributed by atoms with Crippen LogP contribution in [0.25, 0.3) is 0 Å². The molecule has 3 heteroatoms. The van der Waals surface area contributed by atoms with Gasteiger partial charge in [-0.05, 0) is 35.1 Å². The fourth-order valence-corrected chi connectivity index (χ4v) is 2.46. The highest BCUT2D eigenvalue weighted by Gasteiger charge is 2.06. The van der Waals surface area contributed by atoms with E-state index in [1.165, 1.54) is 5.56 Å². The fourth-order valence-electron chi connectivity index (χ4n) is 1.75. The highest BCUT2D eigenvalue weighted by atomic mass is 32.1. The summed E-state index contributed by atoms with van der Waals surface area (Å²) in [4.78, 5) is 12.9. The summed E-state index contributed by atoms with van der Waals surface area (Å²) in [7, 11) is 0. The van der Waals surface area contributed by atoms with E-state index in [1.54, 1.807) is 11.3 Å². The number of thiophene rings is 1. The standard InChI is InChI=1S/C15H17NOS/c1-11(2)12-5-3-6-13(9-12)16-15(17)10-14-7-4-8-18-14/h3-9,11H,10H2,1-2H3,(H,16,17). The molecule has 0 aliphatic carbocycles. The molecule has 0 atom stereocenters. The van der Waals surface area contributed by atoms with Crippen molar-refractivity contribution in [1.82, 2.24) is 0 Å². The van der Waals surface area contributed by atoms with Gasteiger partial charge in [0.05, 0.1) is 6.42 Å². The molecule has 0 spiro atoms. The molecule has 0 fully saturated rings. The average Bonchev–Trinajstić information content (AvgIpc) is 2.82. The van der Waals surface area contributed by atoms with Crippen molar-refractivity contribution in [2.45, 2.75) is 26.2 Å². The number of carbonyl (C=O) groups is 1. The van der Waals surface area contributed by atoms with Crippen LogP contribution in [0.1, 0.15) is 30.2 Å². The molecule has 0 radical (unpaired) electrons. The van der Waals surface area contributed by atoms with Crippen molar-refractivity contribution in [1.29, 1.82) is 0 Å². The van der Waals surface area contributed by atoms with Gasteiger partial charge in [0.25, 0.3) is 0 Å². The van der Waals surface area contributed by atoms with Crippen LogP contribution < -0.4 is 5.32 Å². The molecule has 0 saturated carbocycles. The van der Waals surface area contributed by atoms with Crippen molar-refractivity contribution in [2.75, 3.05) is 5.32 Å². The minimum Gasteiger partial charge on any atom is -0.326 e. The van der Waals surface area contributed by atoms with Gasteiger partial charge in [-0.1, -0.05) is 32.0 Å². The van der Waals surface area contributed by atoms with Crippen molar-refractivity contribution >= 4 is 22.9 Å². The normalized spacial score (nSPS) is 10.6. The molecule has 2 rings (SSSR count). The highest BCUT2D eigenvalue weighted by Crippen LogP contribution is 2.19. The summed E-state index contributed by atoms with van der Waals surface area (Å²) < 4.78 is 0. The van der Waals surface area contributed by atoms with Gasteiger partial charge in [-0.25, -0.2) is 0 Å². The lowest BCUT2D eigenvalue weighted by atomic mass is 10.0. The lowest BCUT2D eigenvalue weighted by Gasteiger charge is -2.09. The Labute approximate surface area is 112 Å². The molecule has 1 heterocycles. The zero-order valence-electron chi connectivity index (χ0n) is 10.6. The van der Waals surface area contributed by atoms with E-state index in [0.29, 0.717) is 12.3 Å². The fraction of sp³-hybridized carbons (Fsp3) is 0.267. The molecule has 94 valence electrons. The van der Waals surface area contributed by atoms with Gasteiger partial charge in [0, 0.05) is 10.6 Å². The van der Waals surface area contributed by atoms with Gasteiger partial charge < -0.3 is 5.32 Å². The van der Waals surface area contributed by atoms with E-state index in [4.69, 9.17) is 0 Å². The second kappa shape index (κ2) is 5.83. The number of nitrogens with one attached hydrogen (secondary N) is 1. The number of carbonyl (C=O) groups excluding carboxylic acids is 1. The van der Waals surface area contributed by atoms with E-state index in [9.17, 15) is 4.79 Å². The molecule has 1 amide bonds. The predicted molar refractivity (Wildman–Crippen MR) is 77.2 cm³/mol. The molecule has 18 heavy (non-hydrogen) atoms. The first kappa shape index (κ1) is 12.8. The van der Waals surface area contributed by atoms with Crippen LogP contribution in [0.4, 0.5) is 5.69 Å². The minimum atomic E-state index is 0.0401. The van der Waals surface area contributed by atoms with E-state index in [2.05, 4.69) is 25.2 Å². The Balaban J connectivity index is 2.00. The summed E-state index contributed by atoms with van der Waals surface area (Å²) in [5, 5.41) is 4.93. The Morgan fingerprint density at radius 1 is 1.28 bits per heavy atom. The molecule has 0 aliphatic heterocycles. The van der Waals surface area contributed by atoms with E-state index >= 15 is 0 Å². The van der Waals surface area contributed by atoms with Gasteiger partial charge >= 0.3 is 0 Å². The smallest absolute Gasteiger partial charge is 0.229 e. The van der Waals surface area contributed by atoms with Crippen LogP contribution in [-0.2, 0) is 11.2 Å². The van der Waals surface area contributed by atoms with Gasteiger partial charge in [-0.15, -0.1) is 11.3 Å².